The number of nitrogens with one attached hydrogen (secondary N) is 1. The summed E-state index contributed by atoms with van der Waals surface area (Å²) in [5.41, 5.74) is 1.95. The number of ether oxygens (including phenoxy) is 1. The fourth-order valence-corrected chi connectivity index (χ4v) is 1.89. The molecule has 0 saturated heterocycles. The first-order valence-electron chi connectivity index (χ1n) is 6.41. The summed E-state index contributed by atoms with van der Waals surface area (Å²) in [5, 5.41) is 15.9. The molecule has 0 radical (unpaired) electrons. The van der Waals surface area contributed by atoms with E-state index in [0.29, 0.717) is 5.88 Å². The number of hydrogen-bond donors (Lipinski definition) is 1. The normalized spacial score (nSPS) is 12.4. The maximum Gasteiger partial charge on any atom is 0.233 e. The van der Waals surface area contributed by atoms with Crippen LogP contribution in [0.15, 0.2) is 24.5 Å². The maximum absolute atomic E-state index is 5.03. The van der Waals surface area contributed by atoms with Crippen LogP contribution >= 0.6 is 0 Å². The van der Waals surface area contributed by atoms with Crippen LogP contribution in [0.4, 0.5) is 0 Å². The van der Waals surface area contributed by atoms with Crippen LogP contribution in [-0.2, 0) is 6.54 Å². The van der Waals surface area contributed by atoms with Gasteiger partial charge in [0.05, 0.1) is 25.0 Å². The Hall–Kier alpha value is -1.95. The Morgan fingerprint density at radius 2 is 2.16 bits per heavy atom. The van der Waals surface area contributed by atoms with Crippen molar-refractivity contribution in [2.24, 2.45) is 0 Å². The summed E-state index contributed by atoms with van der Waals surface area (Å²) in [6, 6.07) is 3.74. The van der Waals surface area contributed by atoms with Gasteiger partial charge >= 0.3 is 0 Å². The molecule has 2 aromatic rings. The Kier molecular flexibility index (Phi) is 4.46. The van der Waals surface area contributed by atoms with Crippen LogP contribution in [0.3, 0.4) is 0 Å². The van der Waals surface area contributed by atoms with Crippen molar-refractivity contribution in [3.05, 3.63) is 35.8 Å². The standard InChI is InChI=1S/C13H19N5O/c1-4-14-13(10-8-15-18(5-2)9-10)11-6-7-12(19-3)17-16-11/h6-9,13-14H,4-5H2,1-3H3. The monoisotopic (exact) mass is 261 g/mol. The highest BCUT2D eigenvalue weighted by Gasteiger charge is 2.16. The highest BCUT2D eigenvalue weighted by atomic mass is 16.5. The molecule has 1 atom stereocenters. The highest BCUT2D eigenvalue weighted by Crippen LogP contribution is 2.20. The third kappa shape index (κ3) is 3.08. The highest BCUT2D eigenvalue weighted by molar-refractivity contribution is 5.24. The summed E-state index contributed by atoms with van der Waals surface area (Å²) in [7, 11) is 1.58. The van der Waals surface area contributed by atoms with E-state index < -0.39 is 0 Å². The van der Waals surface area contributed by atoms with Crippen LogP contribution in [-0.4, -0.2) is 33.6 Å². The second kappa shape index (κ2) is 6.29. The summed E-state index contributed by atoms with van der Waals surface area (Å²) in [6.45, 7) is 5.82. The fourth-order valence-electron chi connectivity index (χ4n) is 1.89. The van der Waals surface area contributed by atoms with E-state index in [2.05, 4.69) is 34.5 Å². The van der Waals surface area contributed by atoms with Gasteiger partial charge in [0.15, 0.2) is 0 Å². The van der Waals surface area contributed by atoms with E-state index in [1.807, 2.05) is 29.2 Å². The van der Waals surface area contributed by atoms with Crippen molar-refractivity contribution in [1.82, 2.24) is 25.3 Å². The summed E-state index contributed by atoms with van der Waals surface area (Å²) in [5.74, 6) is 0.517. The minimum absolute atomic E-state index is 0.00343. The third-order valence-corrected chi connectivity index (χ3v) is 2.88. The molecule has 0 aliphatic heterocycles. The van der Waals surface area contributed by atoms with Crippen molar-refractivity contribution < 1.29 is 4.74 Å². The SMILES string of the molecule is CCNC(c1cnn(CC)c1)c1ccc(OC)nn1. The zero-order valence-electron chi connectivity index (χ0n) is 11.5. The van der Waals surface area contributed by atoms with Crippen LogP contribution in [0, 0.1) is 0 Å². The Bertz CT molecular complexity index is 508. The Morgan fingerprint density at radius 3 is 2.68 bits per heavy atom. The van der Waals surface area contributed by atoms with Gasteiger partial charge in [-0.3, -0.25) is 4.68 Å². The molecule has 1 unspecified atom stereocenters. The van der Waals surface area contributed by atoms with Crippen LogP contribution in [0.5, 0.6) is 5.88 Å². The lowest BCUT2D eigenvalue weighted by Gasteiger charge is -2.15. The summed E-state index contributed by atoms with van der Waals surface area (Å²) >= 11 is 0. The van der Waals surface area contributed by atoms with E-state index in [-0.39, 0.29) is 6.04 Å². The molecule has 2 aromatic heterocycles. The van der Waals surface area contributed by atoms with Crippen LogP contribution in [0.1, 0.15) is 31.1 Å². The second-order valence-electron chi connectivity index (χ2n) is 4.12. The molecule has 1 N–H and O–H groups in total. The second-order valence-corrected chi connectivity index (χ2v) is 4.12. The minimum atomic E-state index is 0.00343. The van der Waals surface area contributed by atoms with Crippen molar-refractivity contribution in [2.45, 2.75) is 26.4 Å². The molecule has 0 saturated carbocycles. The van der Waals surface area contributed by atoms with Crippen LogP contribution < -0.4 is 10.1 Å². The molecular weight excluding hydrogens is 242 g/mol. The van der Waals surface area contributed by atoms with Crippen LogP contribution in [0.2, 0.25) is 0 Å². The van der Waals surface area contributed by atoms with Gasteiger partial charge in [-0.1, -0.05) is 6.92 Å². The molecule has 0 amide bonds. The predicted octanol–water partition coefficient (Wildman–Crippen LogP) is 1.40. The molecule has 19 heavy (non-hydrogen) atoms. The number of aromatic nitrogens is 4. The molecule has 0 aliphatic carbocycles. The van der Waals surface area contributed by atoms with Crippen molar-refractivity contribution in [3.63, 3.8) is 0 Å². The topological polar surface area (TPSA) is 64.9 Å². The smallest absolute Gasteiger partial charge is 0.233 e. The quantitative estimate of drug-likeness (QED) is 0.851. The number of nitrogens with zero attached hydrogens (tertiary/aromatic N) is 4. The summed E-state index contributed by atoms with van der Waals surface area (Å²) < 4.78 is 6.93. The average molecular weight is 261 g/mol. The van der Waals surface area contributed by atoms with Gasteiger partial charge in [-0.15, -0.1) is 10.2 Å². The van der Waals surface area contributed by atoms with Gasteiger partial charge in [0.1, 0.15) is 0 Å². The van der Waals surface area contributed by atoms with E-state index in [1.165, 1.54) is 0 Å². The molecule has 2 rings (SSSR count). The average Bonchev–Trinajstić information content (AvgIpc) is 2.93. The molecular formula is C13H19N5O. The van der Waals surface area contributed by atoms with Crippen molar-refractivity contribution in [2.75, 3.05) is 13.7 Å². The van der Waals surface area contributed by atoms with Gasteiger partial charge in [-0.05, 0) is 19.5 Å². The first-order chi connectivity index (χ1) is 9.28. The zero-order chi connectivity index (χ0) is 13.7. The molecule has 0 aromatic carbocycles. The minimum Gasteiger partial charge on any atom is -0.480 e. The molecule has 0 fully saturated rings. The van der Waals surface area contributed by atoms with Gasteiger partial charge in [0.2, 0.25) is 5.88 Å². The molecule has 6 nitrogen and oxygen atoms in total. The lowest BCUT2D eigenvalue weighted by Crippen LogP contribution is -2.23. The number of rotatable bonds is 6. The van der Waals surface area contributed by atoms with E-state index in [0.717, 1.165) is 24.3 Å². The Morgan fingerprint density at radius 1 is 1.32 bits per heavy atom. The van der Waals surface area contributed by atoms with Gasteiger partial charge < -0.3 is 10.1 Å². The first-order valence-corrected chi connectivity index (χ1v) is 6.41. The lowest BCUT2D eigenvalue weighted by molar-refractivity contribution is 0.390. The fraction of sp³-hybridized carbons (Fsp3) is 0.462. The lowest BCUT2D eigenvalue weighted by atomic mass is 10.1. The largest absolute Gasteiger partial charge is 0.480 e. The molecule has 0 aliphatic rings. The Labute approximate surface area is 112 Å². The summed E-state index contributed by atoms with van der Waals surface area (Å²) in [6.07, 6.45) is 3.89. The molecule has 2 heterocycles. The van der Waals surface area contributed by atoms with Crippen molar-refractivity contribution >= 4 is 0 Å². The summed E-state index contributed by atoms with van der Waals surface area (Å²) in [4.78, 5) is 0. The van der Waals surface area contributed by atoms with Crippen LogP contribution in [0.25, 0.3) is 0 Å². The van der Waals surface area contributed by atoms with Crippen molar-refractivity contribution in [1.29, 1.82) is 0 Å². The van der Waals surface area contributed by atoms with E-state index in [1.54, 1.807) is 7.11 Å². The number of hydrogen-bond acceptors (Lipinski definition) is 5. The zero-order valence-corrected chi connectivity index (χ0v) is 11.5. The van der Waals surface area contributed by atoms with Crippen molar-refractivity contribution in [3.8, 4) is 5.88 Å². The van der Waals surface area contributed by atoms with Gasteiger partial charge in [-0.2, -0.15) is 5.10 Å². The maximum atomic E-state index is 5.03. The third-order valence-electron chi connectivity index (χ3n) is 2.88. The van der Waals surface area contributed by atoms with E-state index in [9.17, 15) is 0 Å². The molecule has 0 bridgehead atoms. The Balaban J connectivity index is 2.27. The predicted molar refractivity (Wildman–Crippen MR) is 72.0 cm³/mol. The van der Waals surface area contributed by atoms with Gasteiger partial charge in [0.25, 0.3) is 0 Å². The molecule has 6 heteroatoms. The van der Waals surface area contributed by atoms with E-state index >= 15 is 0 Å². The number of aryl methyl sites for hydroxylation is 1. The molecule has 0 spiro atoms. The molecule has 102 valence electrons. The van der Waals surface area contributed by atoms with Gasteiger partial charge in [-0.25, -0.2) is 0 Å². The van der Waals surface area contributed by atoms with Gasteiger partial charge in [0, 0.05) is 24.4 Å². The van der Waals surface area contributed by atoms with E-state index in [4.69, 9.17) is 4.74 Å². The first kappa shape index (κ1) is 13.5. The number of methoxy groups -OCH3 is 1.